The Morgan fingerprint density at radius 2 is 1.53 bits per heavy atom. The summed E-state index contributed by atoms with van der Waals surface area (Å²) in [7, 11) is 0. The van der Waals surface area contributed by atoms with Gasteiger partial charge in [0.1, 0.15) is 12.1 Å². The molecule has 10 heteroatoms. The summed E-state index contributed by atoms with van der Waals surface area (Å²) in [5, 5.41) is 53.0. The second-order valence-corrected chi connectivity index (χ2v) is 8.93. The monoisotopic (exact) mass is 519 g/mol. The van der Waals surface area contributed by atoms with Crippen molar-refractivity contribution in [1.82, 2.24) is 5.32 Å². The summed E-state index contributed by atoms with van der Waals surface area (Å²) in [6.07, 6.45) is 17.2. The van der Waals surface area contributed by atoms with Gasteiger partial charge in [0.05, 0.1) is 19.3 Å². The van der Waals surface area contributed by atoms with Gasteiger partial charge >= 0.3 is 11.9 Å². The van der Waals surface area contributed by atoms with E-state index in [4.69, 9.17) is 25.5 Å². The lowest BCUT2D eigenvalue weighted by Crippen LogP contribution is -2.32. The fourth-order valence-corrected chi connectivity index (χ4v) is 3.22. The number of amides is 1. The number of allylic oxidation sites excluding steroid dienone is 1. The van der Waals surface area contributed by atoms with E-state index in [-0.39, 0.29) is 25.2 Å². The molecule has 1 aliphatic heterocycles. The minimum atomic E-state index is -0.954. The summed E-state index contributed by atoms with van der Waals surface area (Å²) < 4.78 is 0. The predicted octanol–water partition coefficient (Wildman–Crippen LogP) is 2.76. The van der Waals surface area contributed by atoms with Crippen LogP contribution in [0.4, 0.5) is 0 Å². The van der Waals surface area contributed by atoms with Crippen molar-refractivity contribution in [1.29, 1.82) is 0 Å². The van der Waals surface area contributed by atoms with Gasteiger partial charge in [0, 0.05) is 12.8 Å². The molecule has 7 N–H and O–H groups in total. The van der Waals surface area contributed by atoms with E-state index < -0.39 is 24.1 Å². The molecule has 2 atom stereocenters. The van der Waals surface area contributed by atoms with E-state index in [9.17, 15) is 19.5 Å². The predicted molar refractivity (Wildman–Crippen MR) is 137 cm³/mol. The van der Waals surface area contributed by atoms with Crippen molar-refractivity contribution < 1.29 is 45.0 Å². The number of hydrogen-bond acceptors (Lipinski definition) is 7. The number of aliphatic hydroxyl groups is 4. The van der Waals surface area contributed by atoms with Crippen molar-refractivity contribution in [2.75, 3.05) is 13.2 Å². The average Bonchev–Trinajstić information content (AvgIpc) is 3.30. The van der Waals surface area contributed by atoms with Crippen LogP contribution in [0.2, 0.25) is 0 Å². The lowest BCUT2D eigenvalue weighted by atomic mass is 10.1. The molecule has 212 valence electrons. The third-order valence-electron chi connectivity index (χ3n) is 5.44. The lowest BCUT2D eigenvalue weighted by Gasteiger charge is -2.07. The fraction of sp³-hybridized carbons (Fsp3) is 0.808. The summed E-state index contributed by atoms with van der Waals surface area (Å²) >= 11 is 0. The van der Waals surface area contributed by atoms with Gasteiger partial charge in [-0.05, 0) is 38.5 Å². The minimum Gasteiger partial charge on any atom is -0.481 e. The molecule has 0 spiro atoms. The number of hydrogen-bond donors (Lipinski definition) is 7. The fourth-order valence-electron chi connectivity index (χ4n) is 3.22. The smallest absolute Gasteiger partial charge is 0.326 e. The Morgan fingerprint density at radius 1 is 0.917 bits per heavy atom. The van der Waals surface area contributed by atoms with Crippen LogP contribution in [-0.4, -0.2) is 79.9 Å². The van der Waals surface area contributed by atoms with E-state index in [2.05, 4.69) is 24.4 Å². The van der Waals surface area contributed by atoms with Crippen molar-refractivity contribution in [2.45, 2.75) is 121 Å². The number of rotatable bonds is 18. The zero-order chi connectivity index (χ0) is 27.6. The first kappa shape index (κ1) is 36.1. The van der Waals surface area contributed by atoms with E-state index in [0.29, 0.717) is 19.3 Å². The number of carboxylic acid groups (broad SMARTS) is 2. The van der Waals surface area contributed by atoms with Gasteiger partial charge in [0.15, 0.2) is 0 Å². The molecule has 0 radical (unpaired) electrons. The topological polar surface area (TPSA) is 185 Å². The number of nitrogens with one attached hydrogen (secondary N) is 1. The minimum absolute atomic E-state index is 0.164. The second kappa shape index (κ2) is 26.1. The third-order valence-corrected chi connectivity index (χ3v) is 5.44. The van der Waals surface area contributed by atoms with E-state index in [1.165, 1.54) is 25.7 Å². The second-order valence-electron chi connectivity index (χ2n) is 8.93. The van der Waals surface area contributed by atoms with E-state index in [0.717, 1.165) is 51.4 Å². The molecule has 0 aliphatic carbocycles. The molecular formula is C26H49NO9. The number of carboxylic acids is 2. The van der Waals surface area contributed by atoms with Crippen LogP contribution >= 0.6 is 0 Å². The molecule has 10 nitrogen and oxygen atoms in total. The highest BCUT2D eigenvalue weighted by Gasteiger charge is 2.26. The Bertz CT molecular complexity index is 580. The highest BCUT2D eigenvalue weighted by Crippen LogP contribution is 2.10. The first-order chi connectivity index (χ1) is 17.2. The highest BCUT2D eigenvalue weighted by atomic mass is 16.4. The van der Waals surface area contributed by atoms with Crippen molar-refractivity contribution in [3.05, 3.63) is 12.2 Å². The molecule has 1 heterocycles. The molecule has 1 rings (SSSR count). The maximum atomic E-state index is 10.4. The molecule has 1 saturated heterocycles. The van der Waals surface area contributed by atoms with Crippen LogP contribution in [0.3, 0.4) is 0 Å². The van der Waals surface area contributed by atoms with Crippen LogP contribution in [-0.2, 0) is 14.4 Å². The third kappa shape index (κ3) is 26.6. The van der Waals surface area contributed by atoms with Gasteiger partial charge in [-0.15, -0.1) is 0 Å². The van der Waals surface area contributed by atoms with Crippen LogP contribution in [0.25, 0.3) is 0 Å². The summed E-state index contributed by atoms with van der Waals surface area (Å²) in [4.78, 5) is 30.8. The number of carbonyl (C=O) groups is 3. The molecular weight excluding hydrogens is 470 g/mol. The quantitative estimate of drug-likeness (QED) is 0.106. The summed E-state index contributed by atoms with van der Waals surface area (Å²) in [5.41, 5.74) is 0. The molecule has 1 aliphatic rings. The number of aliphatic hydroxyl groups excluding tert-OH is 4. The van der Waals surface area contributed by atoms with Crippen molar-refractivity contribution in [3.63, 3.8) is 0 Å². The van der Waals surface area contributed by atoms with Crippen LogP contribution in [0.5, 0.6) is 0 Å². The molecule has 36 heavy (non-hydrogen) atoms. The number of aliphatic carboxylic acids is 2. The average molecular weight is 520 g/mol. The van der Waals surface area contributed by atoms with Gasteiger partial charge in [-0.25, -0.2) is 4.79 Å². The van der Waals surface area contributed by atoms with Gasteiger partial charge in [-0.3, -0.25) is 9.59 Å². The Balaban J connectivity index is 0. The summed E-state index contributed by atoms with van der Waals surface area (Å²) in [6.45, 7) is 1.47. The molecule has 0 aromatic rings. The molecule has 0 saturated carbocycles. The highest BCUT2D eigenvalue weighted by molar-refractivity contribution is 5.87. The Hall–Kier alpha value is -2.01. The van der Waals surface area contributed by atoms with Gasteiger partial charge in [-0.2, -0.15) is 0 Å². The zero-order valence-electron chi connectivity index (χ0n) is 21.8. The van der Waals surface area contributed by atoms with Crippen LogP contribution in [0.1, 0.15) is 103 Å². The van der Waals surface area contributed by atoms with Crippen LogP contribution < -0.4 is 5.32 Å². The van der Waals surface area contributed by atoms with Crippen molar-refractivity contribution in [3.8, 4) is 0 Å². The number of unbranched alkanes of at least 4 members (excludes halogenated alkanes) is 8. The first-order valence-electron chi connectivity index (χ1n) is 13.1. The van der Waals surface area contributed by atoms with E-state index >= 15 is 0 Å². The standard InChI is InChI=1S/C18H34O3.C5H7NO3.C3H8O3/c1-2-3-4-11-14-17(19)15-12-9-7-5-6-8-10-13-16-18(20)21;7-4-2-1-3(6-4)5(8)9;4-1-3(6)2-5/h9,12,17,19H,2-8,10-11,13-16H2,1H3,(H,20,21);3H,1-2H2,(H,6,7)(H,8,9);3-6H,1-2H2/b12-9-;;/t17-;3-;/m10./s1. The van der Waals surface area contributed by atoms with E-state index in [1.807, 2.05) is 0 Å². The van der Waals surface area contributed by atoms with Crippen molar-refractivity contribution >= 4 is 17.8 Å². The van der Waals surface area contributed by atoms with Gasteiger partial charge in [0.2, 0.25) is 5.91 Å². The Morgan fingerprint density at radius 3 is 2.00 bits per heavy atom. The maximum absolute atomic E-state index is 10.4. The molecule has 1 fully saturated rings. The zero-order valence-corrected chi connectivity index (χ0v) is 21.8. The Labute approximate surface area is 215 Å². The maximum Gasteiger partial charge on any atom is 0.326 e. The normalized spacial score (nSPS) is 15.6. The summed E-state index contributed by atoms with van der Waals surface area (Å²) in [6, 6.07) is -0.641. The van der Waals surface area contributed by atoms with E-state index in [1.54, 1.807) is 0 Å². The van der Waals surface area contributed by atoms with Gasteiger partial charge < -0.3 is 36.0 Å². The molecule has 0 unspecified atom stereocenters. The molecule has 1 amide bonds. The Kier molecular flexibility index (Phi) is 26.2. The first-order valence-corrected chi connectivity index (χ1v) is 13.1. The molecule has 0 aromatic heterocycles. The summed E-state index contributed by atoms with van der Waals surface area (Å²) in [5.74, 6) is -1.80. The molecule has 0 bridgehead atoms. The van der Waals surface area contributed by atoms with Crippen LogP contribution in [0, 0.1) is 0 Å². The largest absolute Gasteiger partial charge is 0.481 e. The van der Waals surface area contributed by atoms with Gasteiger partial charge in [0.25, 0.3) is 0 Å². The SMILES string of the molecule is CCCCCC[C@@H](O)C/C=C\CCCCCCCC(=O)O.O=C1CC[C@@H](C(=O)O)N1.OCC(O)CO. The van der Waals surface area contributed by atoms with Crippen molar-refractivity contribution in [2.24, 2.45) is 0 Å². The van der Waals surface area contributed by atoms with Gasteiger partial charge in [-0.1, -0.05) is 64.0 Å². The lowest BCUT2D eigenvalue weighted by molar-refractivity contribution is -0.140. The van der Waals surface area contributed by atoms with Crippen LogP contribution in [0.15, 0.2) is 12.2 Å². The number of carbonyl (C=O) groups excluding carboxylic acids is 1. The molecule has 0 aromatic carbocycles.